The maximum atomic E-state index is 13.6. The highest BCUT2D eigenvalue weighted by Crippen LogP contribution is 2.16. The summed E-state index contributed by atoms with van der Waals surface area (Å²) >= 11 is 1.31. The second-order valence-corrected chi connectivity index (χ2v) is 4.53. The number of carbonyl (C=O) groups is 1. The van der Waals surface area contributed by atoms with Gasteiger partial charge in [0.05, 0.1) is 10.4 Å². The molecular formula is C14H10FNO2S. The molecule has 1 aromatic carbocycles. The van der Waals surface area contributed by atoms with E-state index in [1.165, 1.54) is 23.5 Å². The Hall–Kier alpha value is -2.16. The van der Waals surface area contributed by atoms with Crippen LogP contribution in [0.2, 0.25) is 0 Å². The van der Waals surface area contributed by atoms with Crippen molar-refractivity contribution in [2.24, 2.45) is 0 Å². The van der Waals surface area contributed by atoms with Crippen LogP contribution in [0.3, 0.4) is 0 Å². The minimum atomic E-state index is -0.537. The second kappa shape index (κ2) is 6.14. The number of benzene rings is 1. The third kappa shape index (κ3) is 3.41. The van der Waals surface area contributed by atoms with Crippen molar-refractivity contribution in [2.45, 2.75) is 0 Å². The van der Waals surface area contributed by atoms with Crippen LogP contribution in [0.25, 0.3) is 0 Å². The summed E-state index contributed by atoms with van der Waals surface area (Å²) in [5, 5.41) is 12.9. The highest BCUT2D eigenvalue weighted by molar-refractivity contribution is 7.12. The van der Waals surface area contributed by atoms with Crippen molar-refractivity contribution < 1.29 is 14.3 Å². The fraction of sp³-hybridized carbons (Fsp3) is 0.0714. The van der Waals surface area contributed by atoms with Gasteiger partial charge >= 0.3 is 0 Å². The summed E-state index contributed by atoms with van der Waals surface area (Å²) in [6.45, 7) is -0.323. The van der Waals surface area contributed by atoms with Gasteiger partial charge in [0.1, 0.15) is 12.4 Å². The molecule has 0 spiro atoms. The molecular weight excluding hydrogens is 265 g/mol. The maximum Gasteiger partial charge on any atom is 0.265 e. The van der Waals surface area contributed by atoms with Crippen LogP contribution in [0.1, 0.15) is 15.2 Å². The van der Waals surface area contributed by atoms with E-state index in [4.69, 9.17) is 5.11 Å². The molecule has 2 aromatic rings. The summed E-state index contributed by atoms with van der Waals surface area (Å²) in [5.41, 5.74) is 0.550. The van der Waals surface area contributed by atoms with Crippen molar-refractivity contribution in [1.82, 2.24) is 0 Å². The Morgan fingerprint density at radius 3 is 2.89 bits per heavy atom. The largest absolute Gasteiger partial charge is 0.384 e. The first-order valence-corrected chi connectivity index (χ1v) is 6.33. The highest BCUT2D eigenvalue weighted by atomic mass is 32.1. The lowest BCUT2D eigenvalue weighted by molar-refractivity contribution is 0.103. The number of halogens is 1. The predicted molar refractivity (Wildman–Crippen MR) is 72.6 cm³/mol. The van der Waals surface area contributed by atoms with Gasteiger partial charge in [0.2, 0.25) is 0 Å². The molecule has 0 aliphatic rings. The Bertz CT molecular complexity index is 641. The lowest BCUT2D eigenvalue weighted by Crippen LogP contribution is -2.10. The van der Waals surface area contributed by atoms with Crippen molar-refractivity contribution >= 4 is 22.9 Å². The molecule has 0 bridgehead atoms. The Kier molecular flexibility index (Phi) is 4.29. The monoisotopic (exact) mass is 275 g/mol. The van der Waals surface area contributed by atoms with E-state index >= 15 is 0 Å². The van der Waals surface area contributed by atoms with E-state index in [9.17, 15) is 9.18 Å². The van der Waals surface area contributed by atoms with Crippen molar-refractivity contribution in [1.29, 1.82) is 0 Å². The van der Waals surface area contributed by atoms with E-state index in [2.05, 4.69) is 17.2 Å². The fourth-order valence-electron chi connectivity index (χ4n) is 1.43. The molecule has 5 heteroatoms. The van der Waals surface area contributed by atoms with Crippen molar-refractivity contribution in [3.8, 4) is 11.8 Å². The Morgan fingerprint density at radius 2 is 2.26 bits per heavy atom. The topological polar surface area (TPSA) is 49.3 Å². The molecule has 3 nitrogen and oxygen atoms in total. The van der Waals surface area contributed by atoms with E-state index in [0.29, 0.717) is 10.6 Å². The number of carbonyl (C=O) groups excluding carboxylic acids is 1. The summed E-state index contributed by atoms with van der Waals surface area (Å²) in [7, 11) is 0. The van der Waals surface area contributed by atoms with E-state index in [0.717, 1.165) is 0 Å². The van der Waals surface area contributed by atoms with Gasteiger partial charge in [-0.05, 0) is 29.6 Å². The summed E-state index contributed by atoms with van der Waals surface area (Å²) in [6, 6.07) is 7.69. The molecule has 0 atom stereocenters. The number of hydrogen-bond acceptors (Lipinski definition) is 3. The predicted octanol–water partition coefficient (Wildman–Crippen LogP) is 2.48. The summed E-state index contributed by atoms with van der Waals surface area (Å²) in [5.74, 6) is 4.04. The Balaban J connectivity index is 2.14. The standard InChI is InChI=1S/C14H10FNO2S/c15-12-9-11(6-5-10(12)3-1-7-17)16-14(18)13-4-2-8-19-13/h2,4-6,8-9,17H,7H2,(H,16,18). The van der Waals surface area contributed by atoms with Crippen LogP contribution in [0.15, 0.2) is 35.7 Å². The quantitative estimate of drug-likeness (QED) is 0.827. The molecule has 1 heterocycles. The molecule has 19 heavy (non-hydrogen) atoms. The third-order valence-electron chi connectivity index (χ3n) is 2.27. The summed E-state index contributed by atoms with van der Waals surface area (Å²) < 4.78 is 13.6. The van der Waals surface area contributed by atoms with Gasteiger partial charge in [0.25, 0.3) is 5.91 Å². The smallest absolute Gasteiger partial charge is 0.265 e. The lowest BCUT2D eigenvalue weighted by atomic mass is 10.2. The van der Waals surface area contributed by atoms with Gasteiger partial charge in [-0.25, -0.2) is 4.39 Å². The van der Waals surface area contributed by atoms with Crippen LogP contribution >= 0.6 is 11.3 Å². The SMILES string of the molecule is O=C(Nc1ccc(C#CCO)c(F)c1)c1cccs1. The van der Waals surface area contributed by atoms with E-state index < -0.39 is 5.82 Å². The molecule has 96 valence electrons. The van der Waals surface area contributed by atoms with Crippen molar-refractivity contribution in [2.75, 3.05) is 11.9 Å². The van der Waals surface area contributed by atoms with Crippen LogP contribution < -0.4 is 5.32 Å². The van der Waals surface area contributed by atoms with E-state index in [-0.39, 0.29) is 18.1 Å². The number of rotatable bonds is 2. The van der Waals surface area contributed by atoms with Crippen molar-refractivity contribution in [3.05, 3.63) is 52.0 Å². The van der Waals surface area contributed by atoms with Crippen LogP contribution in [-0.2, 0) is 0 Å². The molecule has 1 aromatic heterocycles. The Morgan fingerprint density at radius 1 is 1.42 bits per heavy atom. The van der Waals surface area contributed by atoms with Crippen LogP contribution in [0, 0.1) is 17.7 Å². The minimum Gasteiger partial charge on any atom is -0.384 e. The number of thiophene rings is 1. The number of amides is 1. The van der Waals surface area contributed by atoms with Gasteiger partial charge in [-0.15, -0.1) is 11.3 Å². The van der Waals surface area contributed by atoms with Crippen LogP contribution in [0.5, 0.6) is 0 Å². The molecule has 0 unspecified atom stereocenters. The molecule has 0 aliphatic heterocycles. The van der Waals surface area contributed by atoms with E-state index in [1.807, 2.05) is 0 Å². The normalized spacial score (nSPS) is 9.58. The zero-order valence-corrected chi connectivity index (χ0v) is 10.6. The van der Waals surface area contributed by atoms with Gasteiger partial charge in [0, 0.05) is 5.69 Å². The van der Waals surface area contributed by atoms with E-state index in [1.54, 1.807) is 23.6 Å². The summed E-state index contributed by atoms with van der Waals surface area (Å²) in [4.78, 5) is 12.3. The molecule has 0 saturated heterocycles. The average molecular weight is 275 g/mol. The zero-order chi connectivity index (χ0) is 13.7. The number of aliphatic hydroxyl groups excluding tert-OH is 1. The maximum absolute atomic E-state index is 13.6. The minimum absolute atomic E-state index is 0.183. The number of hydrogen-bond donors (Lipinski definition) is 2. The van der Waals surface area contributed by atoms with Crippen LogP contribution in [0.4, 0.5) is 10.1 Å². The first-order chi connectivity index (χ1) is 9.20. The molecule has 2 rings (SSSR count). The zero-order valence-electron chi connectivity index (χ0n) is 9.81. The molecule has 0 radical (unpaired) electrons. The van der Waals surface area contributed by atoms with Crippen LogP contribution in [-0.4, -0.2) is 17.6 Å². The van der Waals surface area contributed by atoms with Crippen molar-refractivity contribution in [3.63, 3.8) is 0 Å². The highest BCUT2D eigenvalue weighted by Gasteiger charge is 2.08. The number of anilines is 1. The second-order valence-electron chi connectivity index (χ2n) is 3.59. The van der Waals surface area contributed by atoms with Gasteiger partial charge in [-0.2, -0.15) is 0 Å². The number of aliphatic hydroxyl groups is 1. The molecule has 0 saturated carbocycles. The average Bonchev–Trinajstić information content (AvgIpc) is 2.92. The molecule has 0 aliphatic carbocycles. The molecule has 2 N–H and O–H groups in total. The fourth-order valence-corrected chi connectivity index (χ4v) is 2.05. The van der Waals surface area contributed by atoms with Gasteiger partial charge < -0.3 is 10.4 Å². The van der Waals surface area contributed by atoms with Gasteiger partial charge in [-0.3, -0.25) is 4.79 Å². The number of nitrogens with one attached hydrogen (secondary N) is 1. The first-order valence-electron chi connectivity index (χ1n) is 5.45. The van der Waals surface area contributed by atoms with Gasteiger partial charge in [0.15, 0.2) is 0 Å². The first kappa shape index (κ1) is 13.3. The molecule has 0 fully saturated rings. The third-order valence-corrected chi connectivity index (χ3v) is 3.14. The molecule has 1 amide bonds. The Labute approximate surface area is 113 Å². The van der Waals surface area contributed by atoms with Gasteiger partial charge in [-0.1, -0.05) is 17.9 Å². The lowest BCUT2D eigenvalue weighted by Gasteiger charge is -2.04. The summed E-state index contributed by atoms with van der Waals surface area (Å²) in [6.07, 6.45) is 0.